The molecule has 2 aromatic rings. The van der Waals surface area contributed by atoms with Gasteiger partial charge in [0.15, 0.2) is 0 Å². The molecule has 1 aromatic carbocycles. The number of hydrogen-bond acceptors (Lipinski definition) is 3. The average molecular weight is 310 g/mol. The zero-order valence-electron chi connectivity index (χ0n) is 13.6. The van der Waals surface area contributed by atoms with Gasteiger partial charge in [-0.25, -0.2) is 0 Å². The Labute approximate surface area is 136 Å². The molecule has 1 saturated heterocycles. The number of nitrogens with zero attached hydrogens (tertiary/aromatic N) is 2. The molecular formula is C19H22N2O2. The first-order valence-corrected chi connectivity index (χ1v) is 8.20. The van der Waals surface area contributed by atoms with E-state index in [-0.39, 0.29) is 23.3 Å². The lowest BCUT2D eigenvalue weighted by Gasteiger charge is -2.55. The van der Waals surface area contributed by atoms with Gasteiger partial charge in [-0.3, -0.25) is 9.78 Å². The van der Waals surface area contributed by atoms with E-state index in [0.717, 1.165) is 23.7 Å². The van der Waals surface area contributed by atoms with E-state index in [4.69, 9.17) is 0 Å². The number of aliphatic hydroxyl groups is 1. The van der Waals surface area contributed by atoms with Gasteiger partial charge >= 0.3 is 0 Å². The van der Waals surface area contributed by atoms with Gasteiger partial charge in [-0.05, 0) is 35.3 Å². The Bertz CT molecular complexity index is 781. The van der Waals surface area contributed by atoms with Crippen molar-refractivity contribution in [1.29, 1.82) is 0 Å². The summed E-state index contributed by atoms with van der Waals surface area (Å²) < 4.78 is 0. The van der Waals surface area contributed by atoms with E-state index in [0.29, 0.717) is 18.0 Å². The van der Waals surface area contributed by atoms with Gasteiger partial charge in [-0.15, -0.1) is 0 Å². The van der Waals surface area contributed by atoms with Gasteiger partial charge in [0.1, 0.15) is 0 Å². The molecule has 0 radical (unpaired) electrons. The van der Waals surface area contributed by atoms with E-state index in [9.17, 15) is 9.90 Å². The molecule has 1 aliphatic heterocycles. The van der Waals surface area contributed by atoms with Gasteiger partial charge in [0.25, 0.3) is 5.91 Å². The van der Waals surface area contributed by atoms with Crippen molar-refractivity contribution in [2.24, 2.45) is 16.7 Å². The molecule has 1 amide bonds. The molecule has 1 aliphatic carbocycles. The maximum absolute atomic E-state index is 13.1. The fourth-order valence-electron chi connectivity index (χ4n) is 4.96. The van der Waals surface area contributed by atoms with Crippen molar-refractivity contribution in [3.8, 4) is 0 Å². The number of hydrogen-bond donors (Lipinski definition) is 1. The van der Waals surface area contributed by atoms with Crippen LogP contribution in [-0.2, 0) is 0 Å². The Morgan fingerprint density at radius 2 is 2.22 bits per heavy atom. The van der Waals surface area contributed by atoms with Gasteiger partial charge in [-0.2, -0.15) is 0 Å². The van der Waals surface area contributed by atoms with Crippen LogP contribution in [0.4, 0.5) is 0 Å². The SMILES string of the molecule is CC1(C)C[C@]2(CO)CN(C(=O)c3cccc4ccncc34)C[C@H]12. The van der Waals surface area contributed by atoms with Crippen molar-refractivity contribution in [3.05, 3.63) is 42.2 Å². The standard InChI is InChI=1S/C19H22N2O2/c1-18(2)10-19(12-22)11-21(9-16(18)19)17(23)14-5-3-4-13-6-7-20-8-15(13)14/h3-8,16,22H,9-12H2,1-2H3/t16-,19-/m1/s1. The van der Waals surface area contributed by atoms with Crippen LogP contribution in [0.15, 0.2) is 36.7 Å². The summed E-state index contributed by atoms with van der Waals surface area (Å²) in [5.74, 6) is 0.443. The molecule has 1 saturated carbocycles. The van der Waals surface area contributed by atoms with Gasteiger partial charge in [0.05, 0.1) is 6.61 Å². The normalized spacial score (nSPS) is 28.5. The van der Waals surface area contributed by atoms with E-state index in [1.54, 1.807) is 12.4 Å². The van der Waals surface area contributed by atoms with Crippen LogP contribution < -0.4 is 0 Å². The first kappa shape index (κ1) is 14.6. The lowest BCUT2D eigenvalue weighted by atomic mass is 9.48. The highest BCUT2D eigenvalue weighted by Crippen LogP contribution is 2.62. The molecular weight excluding hydrogens is 288 g/mol. The van der Waals surface area contributed by atoms with Crippen molar-refractivity contribution < 1.29 is 9.90 Å². The summed E-state index contributed by atoms with van der Waals surface area (Å²) in [7, 11) is 0. The van der Waals surface area contributed by atoms with E-state index >= 15 is 0 Å². The molecule has 2 atom stereocenters. The third kappa shape index (κ3) is 2.01. The first-order valence-electron chi connectivity index (χ1n) is 8.20. The largest absolute Gasteiger partial charge is 0.396 e. The van der Waals surface area contributed by atoms with E-state index in [1.165, 1.54) is 0 Å². The molecule has 4 heteroatoms. The second kappa shape index (κ2) is 4.78. The molecule has 0 bridgehead atoms. The highest BCUT2D eigenvalue weighted by molar-refractivity contribution is 6.06. The van der Waals surface area contributed by atoms with Crippen LogP contribution in [0, 0.1) is 16.7 Å². The molecule has 0 spiro atoms. The molecule has 2 aliphatic rings. The zero-order valence-corrected chi connectivity index (χ0v) is 13.6. The van der Waals surface area contributed by atoms with Gasteiger partial charge < -0.3 is 10.0 Å². The highest BCUT2D eigenvalue weighted by Gasteiger charge is 2.63. The Hall–Kier alpha value is -1.94. The molecule has 0 unspecified atom stereocenters. The minimum Gasteiger partial charge on any atom is -0.396 e. The Kier molecular flexibility index (Phi) is 3.04. The van der Waals surface area contributed by atoms with Crippen LogP contribution >= 0.6 is 0 Å². The number of pyridine rings is 1. The fourth-order valence-corrected chi connectivity index (χ4v) is 4.96. The summed E-state index contributed by atoms with van der Waals surface area (Å²) in [5.41, 5.74) is 0.822. The second-order valence-corrected chi connectivity index (χ2v) is 7.83. The Morgan fingerprint density at radius 1 is 1.39 bits per heavy atom. The predicted octanol–water partition coefficient (Wildman–Crippen LogP) is 2.72. The number of aromatic nitrogens is 1. The molecule has 120 valence electrons. The number of amides is 1. The maximum atomic E-state index is 13.1. The van der Waals surface area contributed by atoms with Crippen LogP contribution in [0.3, 0.4) is 0 Å². The van der Waals surface area contributed by atoms with Crippen LogP contribution in [-0.4, -0.2) is 40.6 Å². The lowest BCUT2D eigenvalue weighted by Crippen LogP contribution is -2.54. The minimum atomic E-state index is -0.0952. The van der Waals surface area contributed by atoms with Crippen LogP contribution in [0.25, 0.3) is 10.8 Å². The number of aliphatic hydroxyl groups excluding tert-OH is 1. The monoisotopic (exact) mass is 310 g/mol. The topological polar surface area (TPSA) is 53.4 Å². The summed E-state index contributed by atoms with van der Waals surface area (Å²) in [6, 6.07) is 7.73. The van der Waals surface area contributed by atoms with Gasteiger partial charge in [0, 0.05) is 41.8 Å². The number of fused-ring (bicyclic) bond motifs is 2. The van der Waals surface area contributed by atoms with Crippen molar-refractivity contribution in [3.63, 3.8) is 0 Å². The van der Waals surface area contributed by atoms with Crippen LogP contribution in [0.2, 0.25) is 0 Å². The van der Waals surface area contributed by atoms with Gasteiger partial charge in [-0.1, -0.05) is 26.0 Å². The number of carbonyl (C=O) groups is 1. The maximum Gasteiger partial charge on any atom is 0.254 e. The number of rotatable bonds is 2. The Balaban J connectivity index is 1.68. The summed E-state index contributed by atoms with van der Waals surface area (Å²) in [6.45, 7) is 6.04. The fraction of sp³-hybridized carbons (Fsp3) is 0.474. The summed E-state index contributed by atoms with van der Waals surface area (Å²) in [6.07, 6.45) is 4.50. The minimum absolute atomic E-state index is 0.0571. The van der Waals surface area contributed by atoms with Crippen LogP contribution in [0.1, 0.15) is 30.6 Å². The first-order chi connectivity index (χ1) is 11.0. The molecule has 2 fully saturated rings. The predicted molar refractivity (Wildman–Crippen MR) is 89.1 cm³/mol. The number of benzene rings is 1. The lowest BCUT2D eigenvalue weighted by molar-refractivity contribution is -0.0976. The van der Waals surface area contributed by atoms with Crippen molar-refractivity contribution in [2.75, 3.05) is 19.7 Å². The number of carbonyl (C=O) groups excluding carboxylic acids is 1. The highest BCUT2D eigenvalue weighted by atomic mass is 16.3. The zero-order chi connectivity index (χ0) is 16.2. The third-order valence-corrected chi connectivity index (χ3v) is 5.92. The molecule has 2 heterocycles. The van der Waals surface area contributed by atoms with E-state index in [1.807, 2.05) is 29.2 Å². The third-order valence-electron chi connectivity index (χ3n) is 5.92. The molecule has 4 nitrogen and oxygen atoms in total. The van der Waals surface area contributed by atoms with Crippen molar-refractivity contribution >= 4 is 16.7 Å². The summed E-state index contributed by atoms with van der Waals surface area (Å²) >= 11 is 0. The average Bonchev–Trinajstić information content (AvgIpc) is 2.89. The molecule has 1 N–H and O–H groups in total. The quantitative estimate of drug-likeness (QED) is 0.928. The van der Waals surface area contributed by atoms with Crippen LogP contribution in [0.5, 0.6) is 0 Å². The van der Waals surface area contributed by atoms with Gasteiger partial charge in [0.2, 0.25) is 0 Å². The van der Waals surface area contributed by atoms with Crippen molar-refractivity contribution in [2.45, 2.75) is 20.3 Å². The van der Waals surface area contributed by atoms with E-state index in [2.05, 4.69) is 18.8 Å². The van der Waals surface area contributed by atoms with E-state index < -0.39 is 0 Å². The number of likely N-dealkylation sites (tertiary alicyclic amines) is 1. The molecule has 23 heavy (non-hydrogen) atoms. The smallest absolute Gasteiger partial charge is 0.254 e. The Morgan fingerprint density at radius 3 is 2.91 bits per heavy atom. The van der Waals surface area contributed by atoms with Crippen molar-refractivity contribution in [1.82, 2.24) is 9.88 Å². The summed E-state index contributed by atoms with van der Waals surface area (Å²) in [5, 5.41) is 11.8. The summed E-state index contributed by atoms with van der Waals surface area (Å²) in [4.78, 5) is 19.2. The molecule has 4 rings (SSSR count). The second-order valence-electron chi connectivity index (χ2n) is 7.83. The molecule has 1 aromatic heterocycles.